The number of fused-ring (bicyclic) bond motifs is 1. The monoisotopic (exact) mass is 432 g/mol. The minimum absolute atomic E-state index is 0.196. The van der Waals surface area contributed by atoms with Crippen molar-refractivity contribution in [3.63, 3.8) is 0 Å². The van der Waals surface area contributed by atoms with Crippen molar-refractivity contribution in [1.82, 2.24) is 24.0 Å². The number of rotatable bonds is 7. The van der Waals surface area contributed by atoms with E-state index in [2.05, 4.69) is 10.2 Å². The molecule has 1 fully saturated rings. The van der Waals surface area contributed by atoms with Crippen molar-refractivity contribution in [2.24, 2.45) is 14.1 Å². The zero-order valence-electron chi connectivity index (χ0n) is 19.0. The number of aryl methyl sites for hydroxylation is 1. The molecule has 0 amide bonds. The SMILES string of the molecule is COC(=O)CCNC1CCCN(c2nc3c(c(=O)n(C)c(=O)n3C)n2CC=C(C)C)C1. The summed E-state index contributed by atoms with van der Waals surface area (Å²) in [4.78, 5) is 43.6. The number of anilines is 1. The lowest BCUT2D eigenvalue weighted by molar-refractivity contribution is -0.140. The Kier molecular flexibility index (Phi) is 6.99. The zero-order chi connectivity index (χ0) is 22.7. The molecule has 2 aromatic heterocycles. The summed E-state index contributed by atoms with van der Waals surface area (Å²) in [7, 11) is 4.52. The summed E-state index contributed by atoms with van der Waals surface area (Å²) in [5, 5.41) is 3.42. The van der Waals surface area contributed by atoms with E-state index in [-0.39, 0.29) is 17.6 Å². The van der Waals surface area contributed by atoms with Gasteiger partial charge in [-0.05, 0) is 26.7 Å². The Balaban J connectivity index is 1.97. The van der Waals surface area contributed by atoms with Gasteiger partial charge in [0, 0.05) is 46.3 Å². The predicted octanol–water partition coefficient (Wildman–Crippen LogP) is 0.521. The number of methoxy groups -OCH3 is 1. The van der Waals surface area contributed by atoms with Gasteiger partial charge < -0.3 is 19.5 Å². The van der Waals surface area contributed by atoms with Gasteiger partial charge in [0.1, 0.15) is 0 Å². The third kappa shape index (κ3) is 4.73. The van der Waals surface area contributed by atoms with Crippen LogP contribution in [0, 0.1) is 0 Å². The molecule has 1 aliphatic rings. The molecule has 1 saturated heterocycles. The molecule has 170 valence electrons. The maximum atomic E-state index is 13.0. The molecule has 1 N–H and O–H groups in total. The van der Waals surface area contributed by atoms with Crippen molar-refractivity contribution < 1.29 is 9.53 Å². The number of piperidine rings is 1. The lowest BCUT2D eigenvalue weighted by Crippen LogP contribution is -2.47. The molecule has 10 heteroatoms. The van der Waals surface area contributed by atoms with Crippen LogP contribution < -0.4 is 21.5 Å². The number of ether oxygens (including phenoxy) is 1. The summed E-state index contributed by atoms with van der Waals surface area (Å²) < 4.78 is 9.15. The highest BCUT2D eigenvalue weighted by Crippen LogP contribution is 2.23. The van der Waals surface area contributed by atoms with Crippen LogP contribution >= 0.6 is 0 Å². The highest BCUT2D eigenvalue weighted by Gasteiger charge is 2.26. The van der Waals surface area contributed by atoms with E-state index in [4.69, 9.17) is 9.72 Å². The van der Waals surface area contributed by atoms with Crippen LogP contribution in [-0.4, -0.2) is 57.4 Å². The van der Waals surface area contributed by atoms with Gasteiger partial charge in [0.25, 0.3) is 5.56 Å². The first-order chi connectivity index (χ1) is 14.7. The smallest absolute Gasteiger partial charge is 0.332 e. The molecule has 0 radical (unpaired) electrons. The Morgan fingerprint density at radius 3 is 2.68 bits per heavy atom. The molecule has 1 unspecified atom stereocenters. The molecule has 0 aliphatic carbocycles. The molecule has 0 saturated carbocycles. The minimum Gasteiger partial charge on any atom is -0.469 e. The zero-order valence-corrected chi connectivity index (χ0v) is 19.0. The van der Waals surface area contributed by atoms with Crippen molar-refractivity contribution in [1.29, 1.82) is 0 Å². The highest BCUT2D eigenvalue weighted by atomic mass is 16.5. The summed E-state index contributed by atoms with van der Waals surface area (Å²) in [6.07, 6.45) is 4.32. The molecule has 1 aliphatic heterocycles. The number of imidazole rings is 1. The third-order valence-electron chi connectivity index (χ3n) is 5.70. The van der Waals surface area contributed by atoms with Crippen molar-refractivity contribution in [2.75, 3.05) is 31.6 Å². The number of hydrogen-bond acceptors (Lipinski definition) is 7. The van der Waals surface area contributed by atoms with E-state index in [1.807, 2.05) is 24.5 Å². The number of carbonyl (C=O) groups excluding carboxylic acids is 1. The highest BCUT2D eigenvalue weighted by molar-refractivity contribution is 5.74. The molecule has 1 atom stereocenters. The molecule has 3 rings (SSSR count). The van der Waals surface area contributed by atoms with Gasteiger partial charge in [0.2, 0.25) is 5.95 Å². The number of nitrogens with zero attached hydrogens (tertiary/aromatic N) is 5. The van der Waals surface area contributed by atoms with Gasteiger partial charge in [-0.15, -0.1) is 0 Å². The summed E-state index contributed by atoms with van der Waals surface area (Å²) in [6, 6.07) is 0.196. The van der Waals surface area contributed by atoms with Gasteiger partial charge in [0.05, 0.1) is 13.5 Å². The van der Waals surface area contributed by atoms with E-state index in [0.717, 1.165) is 29.5 Å². The van der Waals surface area contributed by atoms with E-state index < -0.39 is 5.69 Å². The molecule has 2 aromatic rings. The topological polar surface area (TPSA) is 103 Å². The van der Waals surface area contributed by atoms with Crippen LogP contribution in [0.5, 0.6) is 0 Å². The molecule has 31 heavy (non-hydrogen) atoms. The first kappa shape index (κ1) is 22.8. The second-order valence-corrected chi connectivity index (χ2v) is 8.25. The fraction of sp³-hybridized carbons (Fsp3) is 0.619. The van der Waals surface area contributed by atoms with E-state index >= 15 is 0 Å². The molecule has 3 heterocycles. The van der Waals surface area contributed by atoms with E-state index in [1.165, 1.54) is 18.7 Å². The van der Waals surface area contributed by atoms with Gasteiger partial charge >= 0.3 is 11.7 Å². The van der Waals surface area contributed by atoms with E-state index in [0.29, 0.717) is 43.2 Å². The average molecular weight is 433 g/mol. The minimum atomic E-state index is -0.392. The Bertz CT molecular complexity index is 1110. The summed E-state index contributed by atoms with van der Waals surface area (Å²) in [6.45, 7) is 6.58. The Morgan fingerprint density at radius 1 is 1.26 bits per heavy atom. The van der Waals surface area contributed by atoms with E-state index in [1.54, 1.807) is 7.05 Å². The number of carbonyl (C=O) groups is 1. The van der Waals surface area contributed by atoms with Gasteiger partial charge in [-0.2, -0.15) is 4.98 Å². The van der Waals surface area contributed by atoms with Crippen LogP contribution in [0.3, 0.4) is 0 Å². The quantitative estimate of drug-likeness (QED) is 0.503. The third-order valence-corrected chi connectivity index (χ3v) is 5.70. The largest absolute Gasteiger partial charge is 0.469 e. The standard InChI is InChI=1S/C21H32N6O4/c1-14(2)9-12-27-17-18(24(3)21(30)25(4)19(17)29)23-20(27)26-11-6-7-15(13-26)22-10-8-16(28)31-5/h9,15,22H,6-8,10-13H2,1-5H3. The van der Waals surface area contributed by atoms with Crippen LogP contribution in [0.25, 0.3) is 11.2 Å². The van der Waals surface area contributed by atoms with Crippen molar-refractivity contribution >= 4 is 23.1 Å². The normalized spacial score (nSPS) is 16.5. The Hall–Kier alpha value is -2.88. The first-order valence-electron chi connectivity index (χ1n) is 10.6. The maximum absolute atomic E-state index is 13.0. The molecular weight excluding hydrogens is 400 g/mol. The Morgan fingerprint density at radius 2 is 2.00 bits per heavy atom. The second-order valence-electron chi connectivity index (χ2n) is 8.25. The van der Waals surface area contributed by atoms with Crippen LogP contribution in [0.15, 0.2) is 21.2 Å². The number of allylic oxidation sites excluding steroid dienone is 2. The second kappa shape index (κ2) is 9.51. The van der Waals surface area contributed by atoms with Gasteiger partial charge in [0.15, 0.2) is 11.2 Å². The average Bonchev–Trinajstić information content (AvgIpc) is 3.14. The number of esters is 1. The Labute approximate surface area is 181 Å². The van der Waals surface area contributed by atoms with Gasteiger partial charge in [-0.1, -0.05) is 11.6 Å². The number of aromatic nitrogens is 4. The molecule has 0 aromatic carbocycles. The molecule has 10 nitrogen and oxygen atoms in total. The lowest BCUT2D eigenvalue weighted by atomic mass is 10.1. The van der Waals surface area contributed by atoms with Gasteiger partial charge in [-0.25, -0.2) is 4.79 Å². The van der Waals surface area contributed by atoms with Gasteiger partial charge in [-0.3, -0.25) is 18.7 Å². The van der Waals surface area contributed by atoms with Crippen molar-refractivity contribution in [3.05, 3.63) is 32.5 Å². The van der Waals surface area contributed by atoms with Crippen LogP contribution in [0.2, 0.25) is 0 Å². The fourth-order valence-electron chi connectivity index (χ4n) is 3.93. The van der Waals surface area contributed by atoms with Crippen molar-refractivity contribution in [2.45, 2.75) is 45.7 Å². The van der Waals surface area contributed by atoms with E-state index in [9.17, 15) is 14.4 Å². The molecule has 0 spiro atoms. The first-order valence-corrected chi connectivity index (χ1v) is 10.6. The molecule has 0 bridgehead atoms. The summed E-state index contributed by atoms with van der Waals surface area (Å²) in [5.41, 5.74) is 1.22. The van der Waals surface area contributed by atoms with Crippen molar-refractivity contribution in [3.8, 4) is 0 Å². The van der Waals surface area contributed by atoms with Crippen LogP contribution in [0.4, 0.5) is 5.95 Å². The maximum Gasteiger partial charge on any atom is 0.332 e. The predicted molar refractivity (Wildman–Crippen MR) is 120 cm³/mol. The number of hydrogen-bond donors (Lipinski definition) is 1. The summed E-state index contributed by atoms with van der Waals surface area (Å²) in [5.74, 6) is 0.450. The molecular formula is C21H32N6O4. The summed E-state index contributed by atoms with van der Waals surface area (Å²) >= 11 is 0. The fourth-order valence-corrected chi connectivity index (χ4v) is 3.93. The van der Waals surface area contributed by atoms with Crippen LogP contribution in [-0.2, 0) is 30.2 Å². The lowest BCUT2D eigenvalue weighted by Gasteiger charge is -2.34. The number of nitrogens with one attached hydrogen (secondary N) is 1. The van der Waals surface area contributed by atoms with Crippen LogP contribution in [0.1, 0.15) is 33.1 Å².